The van der Waals surface area contributed by atoms with Crippen LogP contribution in [0.3, 0.4) is 0 Å². The highest BCUT2D eigenvalue weighted by Gasteiger charge is 2.32. The van der Waals surface area contributed by atoms with Gasteiger partial charge < -0.3 is 14.1 Å². The number of hydrogen-bond donors (Lipinski definition) is 0. The smallest absolute Gasteiger partial charge is 0.246 e. The molecule has 0 N–H and O–H groups in total. The summed E-state index contributed by atoms with van der Waals surface area (Å²) in [4.78, 5) is 14.0. The van der Waals surface area contributed by atoms with E-state index in [1.165, 1.54) is 6.08 Å². The number of carbonyl (C=O) groups is 1. The molecule has 1 aromatic heterocycles. The molecular formula is C19H21NO3. The molecule has 2 aromatic rings. The summed E-state index contributed by atoms with van der Waals surface area (Å²) in [5.41, 5.74) is 2.11. The van der Waals surface area contributed by atoms with Gasteiger partial charge in [-0.1, -0.05) is 43.8 Å². The summed E-state index contributed by atoms with van der Waals surface area (Å²) in [6.07, 6.45) is 3.09. The van der Waals surface area contributed by atoms with Crippen LogP contribution in [-0.2, 0) is 16.1 Å². The van der Waals surface area contributed by atoms with Crippen LogP contribution in [0.2, 0.25) is 0 Å². The van der Waals surface area contributed by atoms with Crippen molar-refractivity contribution in [3.05, 3.63) is 61.1 Å². The van der Waals surface area contributed by atoms with Gasteiger partial charge in [0.15, 0.2) is 0 Å². The van der Waals surface area contributed by atoms with Crippen LogP contribution >= 0.6 is 0 Å². The molecule has 1 saturated heterocycles. The highest BCUT2D eigenvalue weighted by Crippen LogP contribution is 2.25. The van der Waals surface area contributed by atoms with Crippen molar-refractivity contribution in [2.75, 3.05) is 13.2 Å². The Morgan fingerprint density at radius 2 is 2.09 bits per heavy atom. The van der Waals surface area contributed by atoms with Gasteiger partial charge in [0.25, 0.3) is 0 Å². The molecule has 2 unspecified atom stereocenters. The number of hydrogen-bond acceptors (Lipinski definition) is 3. The Hall–Kier alpha value is -2.33. The lowest BCUT2D eigenvalue weighted by molar-refractivity contribution is -0.129. The van der Waals surface area contributed by atoms with Gasteiger partial charge in [0, 0.05) is 11.5 Å². The SMILES string of the molecule is C=CC(=O)N(Cc1cc(-c2ccccc2)co1)C1COCC1C. The lowest BCUT2D eigenvalue weighted by Crippen LogP contribution is -2.42. The van der Waals surface area contributed by atoms with E-state index in [0.29, 0.717) is 25.7 Å². The maximum atomic E-state index is 12.2. The highest BCUT2D eigenvalue weighted by molar-refractivity contribution is 5.87. The van der Waals surface area contributed by atoms with Gasteiger partial charge >= 0.3 is 0 Å². The molecule has 2 atom stereocenters. The number of ether oxygens (including phenoxy) is 1. The fraction of sp³-hybridized carbons (Fsp3) is 0.316. The summed E-state index contributed by atoms with van der Waals surface area (Å²) < 4.78 is 11.2. The Balaban J connectivity index is 1.79. The van der Waals surface area contributed by atoms with Crippen molar-refractivity contribution in [3.8, 4) is 11.1 Å². The molecule has 1 aromatic carbocycles. The van der Waals surface area contributed by atoms with Gasteiger partial charge in [-0.05, 0) is 17.7 Å². The van der Waals surface area contributed by atoms with Crippen molar-refractivity contribution >= 4 is 5.91 Å². The number of amides is 1. The second-order valence-corrected chi connectivity index (χ2v) is 5.92. The van der Waals surface area contributed by atoms with E-state index in [1.54, 1.807) is 11.2 Å². The van der Waals surface area contributed by atoms with Crippen LogP contribution < -0.4 is 0 Å². The molecule has 1 amide bonds. The van der Waals surface area contributed by atoms with Crippen LogP contribution in [0.25, 0.3) is 11.1 Å². The molecule has 0 spiro atoms. The van der Waals surface area contributed by atoms with Gasteiger partial charge in [-0.3, -0.25) is 4.79 Å². The van der Waals surface area contributed by atoms with Crippen molar-refractivity contribution < 1.29 is 13.9 Å². The van der Waals surface area contributed by atoms with Crippen LogP contribution in [0, 0.1) is 5.92 Å². The fourth-order valence-corrected chi connectivity index (χ4v) is 2.94. The zero-order valence-electron chi connectivity index (χ0n) is 13.3. The van der Waals surface area contributed by atoms with Crippen LogP contribution in [-0.4, -0.2) is 30.1 Å². The average Bonchev–Trinajstić information content (AvgIpc) is 3.22. The number of rotatable bonds is 5. The second-order valence-electron chi connectivity index (χ2n) is 5.92. The molecule has 2 heterocycles. The summed E-state index contributed by atoms with van der Waals surface area (Å²) in [5.74, 6) is 0.977. The van der Waals surface area contributed by atoms with Crippen LogP contribution in [0.1, 0.15) is 12.7 Å². The molecule has 120 valence electrons. The van der Waals surface area contributed by atoms with E-state index >= 15 is 0 Å². The van der Waals surface area contributed by atoms with Gasteiger partial charge in [0.05, 0.1) is 32.1 Å². The number of carbonyl (C=O) groups excluding carboxylic acids is 1. The maximum Gasteiger partial charge on any atom is 0.246 e. The Morgan fingerprint density at radius 3 is 2.74 bits per heavy atom. The Bertz CT molecular complexity index is 677. The Morgan fingerprint density at radius 1 is 1.30 bits per heavy atom. The highest BCUT2D eigenvalue weighted by atomic mass is 16.5. The monoisotopic (exact) mass is 311 g/mol. The standard InChI is InChI=1S/C19H21NO3/c1-3-19(21)20(18-13-22-11-14(18)2)10-17-9-16(12-23-17)15-7-5-4-6-8-15/h3-9,12,14,18H,1,10-11,13H2,2H3. The summed E-state index contributed by atoms with van der Waals surface area (Å²) >= 11 is 0. The molecule has 0 bridgehead atoms. The van der Waals surface area contributed by atoms with Gasteiger partial charge in [-0.2, -0.15) is 0 Å². The summed E-state index contributed by atoms with van der Waals surface area (Å²) in [6.45, 7) is 7.37. The van der Waals surface area contributed by atoms with Gasteiger partial charge in [-0.15, -0.1) is 0 Å². The third-order valence-electron chi connectivity index (χ3n) is 4.27. The molecule has 4 nitrogen and oxygen atoms in total. The third kappa shape index (κ3) is 3.37. The first-order valence-corrected chi connectivity index (χ1v) is 7.82. The molecule has 3 rings (SSSR count). The zero-order chi connectivity index (χ0) is 16.2. The quantitative estimate of drug-likeness (QED) is 0.794. The first-order chi connectivity index (χ1) is 11.2. The van der Waals surface area contributed by atoms with E-state index in [1.807, 2.05) is 36.4 Å². The van der Waals surface area contributed by atoms with Gasteiger partial charge in [0.1, 0.15) is 5.76 Å². The van der Waals surface area contributed by atoms with E-state index in [-0.39, 0.29) is 11.9 Å². The molecule has 1 aliphatic rings. The zero-order valence-corrected chi connectivity index (χ0v) is 13.3. The molecule has 1 aliphatic heterocycles. The molecule has 1 fully saturated rings. The average molecular weight is 311 g/mol. The molecule has 23 heavy (non-hydrogen) atoms. The van der Waals surface area contributed by atoms with Crippen molar-refractivity contribution in [1.82, 2.24) is 4.90 Å². The first kappa shape index (κ1) is 15.6. The minimum atomic E-state index is -0.0926. The minimum Gasteiger partial charge on any atom is -0.467 e. The van der Waals surface area contributed by atoms with E-state index < -0.39 is 0 Å². The molecular weight excluding hydrogens is 290 g/mol. The number of benzene rings is 1. The second kappa shape index (κ2) is 6.84. The molecule has 0 radical (unpaired) electrons. The van der Waals surface area contributed by atoms with Crippen LogP contribution in [0.15, 0.2) is 59.7 Å². The van der Waals surface area contributed by atoms with Crippen molar-refractivity contribution in [2.45, 2.75) is 19.5 Å². The minimum absolute atomic E-state index is 0.0609. The molecule has 4 heteroatoms. The maximum absolute atomic E-state index is 12.2. The van der Waals surface area contributed by atoms with Crippen molar-refractivity contribution in [1.29, 1.82) is 0 Å². The third-order valence-corrected chi connectivity index (χ3v) is 4.27. The topological polar surface area (TPSA) is 42.7 Å². The van der Waals surface area contributed by atoms with Crippen molar-refractivity contribution in [3.63, 3.8) is 0 Å². The number of nitrogens with zero attached hydrogens (tertiary/aromatic N) is 1. The number of furan rings is 1. The van der Waals surface area contributed by atoms with Crippen molar-refractivity contribution in [2.24, 2.45) is 5.92 Å². The predicted molar refractivity (Wildman–Crippen MR) is 88.7 cm³/mol. The molecule has 0 saturated carbocycles. The summed E-state index contributed by atoms with van der Waals surface area (Å²) in [6, 6.07) is 12.1. The summed E-state index contributed by atoms with van der Waals surface area (Å²) in [7, 11) is 0. The van der Waals surface area contributed by atoms with Gasteiger partial charge in [-0.25, -0.2) is 0 Å². The van der Waals surface area contributed by atoms with Crippen LogP contribution in [0.5, 0.6) is 0 Å². The van der Waals surface area contributed by atoms with Gasteiger partial charge in [0.2, 0.25) is 5.91 Å². The lowest BCUT2D eigenvalue weighted by Gasteiger charge is -2.28. The fourth-order valence-electron chi connectivity index (χ4n) is 2.94. The van der Waals surface area contributed by atoms with Crippen LogP contribution in [0.4, 0.5) is 0 Å². The predicted octanol–water partition coefficient (Wildman–Crippen LogP) is 3.50. The normalized spacial score (nSPS) is 20.4. The van der Waals surface area contributed by atoms with E-state index in [9.17, 15) is 4.79 Å². The Kier molecular flexibility index (Phi) is 4.63. The van der Waals surface area contributed by atoms with E-state index in [0.717, 1.165) is 16.9 Å². The van der Waals surface area contributed by atoms with E-state index in [4.69, 9.17) is 9.15 Å². The largest absolute Gasteiger partial charge is 0.467 e. The Labute approximate surface area is 136 Å². The summed E-state index contributed by atoms with van der Waals surface area (Å²) in [5, 5.41) is 0. The first-order valence-electron chi connectivity index (χ1n) is 7.82. The molecule has 0 aliphatic carbocycles. The lowest BCUT2D eigenvalue weighted by atomic mass is 10.0. The van der Waals surface area contributed by atoms with E-state index in [2.05, 4.69) is 13.5 Å².